The van der Waals surface area contributed by atoms with E-state index in [-0.39, 0.29) is 25.6 Å². The first-order valence-corrected chi connectivity index (χ1v) is 11.5. The Morgan fingerprint density at radius 3 is 2.87 bits per heavy atom. The van der Waals surface area contributed by atoms with E-state index in [0.717, 1.165) is 4.88 Å². The van der Waals surface area contributed by atoms with Gasteiger partial charge >= 0.3 is 16.4 Å². The fraction of sp³-hybridized carbons (Fsp3) is 0.625. The van der Waals surface area contributed by atoms with Gasteiger partial charge in [0.2, 0.25) is 5.91 Å². The summed E-state index contributed by atoms with van der Waals surface area (Å²) in [6, 6.07) is 1.56. The van der Waals surface area contributed by atoms with Crippen LogP contribution in [0.1, 0.15) is 23.8 Å². The number of hydrogen-bond donors (Lipinski definition) is 3. The van der Waals surface area contributed by atoms with Crippen molar-refractivity contribution in [1.29, 1.82) is 0 Å². The maximum atomic E-state index is 12.7. The van der Waals surface area contributed by atoms with Gasteiger partial charge in [-0.05, 0) is 17.9 Å². The third kappa shape index (κ3) is 4.16. The van der Waals surface area contributed by atoms with E-state index in [2.05, 4.69) is 9.76 Å². The van der Waals surface area contributed by atoms with Gasteiger partial charge in [0.05, 0.1) is 31.9 Å². The van der Waals surface area contributed by atoms with Gasteiger partial charge in [-0.1, -0.05) is 6.07 Å². The zero-order valence-electron chi connectivity index (χ0n) is 15.8. The Morgan fingerprint density at radius 1 is 1.50 bits per heavy atom. The lowest BCUT2D eigenvalue weighted by atomic mass is 9.70. The molecule has 0 saturated carbocycles. The van der Waals surface area contributed by atoms with Gasteiger partial charge in [0.1, 0.15) is 0 Å². The van der Waals surface area contributed by atoms with Crippen LogP contribution in [0, 0.1) is 5.41 Å². The van der Waals surface area contributed by atoms with Gasteiger partial charge in [-0.25, -0.2) is 10.3 Å². The predicted molar refractivity (Wildman–Crippen MR) is 102 cm³/mol. The lowest BCUT2D eigenvalue weighted by Gasteiger charge is -2.50. The topological polar surface area (TPSA) is 161 Å². The van der Waals surface area contributed by atoms with E-state index in [1.807, 2.05) is 17.5 Å². The SMILES string of the molecule is NC(CONC(=O)C[C@@H]1CC2(COC2)[C@@H]2CN1C(=O)N2OS(=O)(=O)O)c1cccs1. The maximum Gasteiger partial charge on any atom is 0.418 e. The molecule has 30 heavy (non-hydrogen) atoms. The van der Waals surface area contributed by atoms with Crippen LogP contribution in [0.3, 0.4) is 0 Å². The van der Waals surface area contributed by atoms with Crippen LogP contribution in [0.15, 0.2) is 17.5 Å². The van der Waals surface area contributed by atoms with Gasteiger partial charge < -0.3 is 15.4 Å². The average Bonchev–Trinajstić information content (AvgIpc) is 3.25. The van der Waals surface area contributed by atoms with Crippen molar-refractivity contribution in [3.63, 3.8) is 0 Å². The third-order valence-corrected chi connectivity index (χ3v) is 6.96. The van der Waals surface area contributed by atoms with E-state index < -0.39 is 39.8 Å². The number of thiophene rings is 1. The quantitative estimate of drug-likeness (QED) is 0.351. The largest absolute Gasteiger partial charge is 0.418 e. The lowest BCUT2D eigenvalue weighted by molar-refractivity contribution is -0.192. The van der Waals surface area contributed by atoms with Crippen molar-refractivity contribution in [3.8, 4) is 0 Å². The van der Waals surface area contributed by atoms with E-state index >= 15 is 0 Å². The zero-order chi connectivity index (χ0) is 21.5. The first-order chi connectivity index (χ1) is 14.2. The summed E-state index contributed by atoms with van der Waals surface area (Å²) in [5, 5.41) is 2.57. The Bertz CT molecular complexity index is 904. The number of amides is 3. The molecular weight excluding hydrogens is 440 g/mol. The molecule has 4 heterocycles. The molecule has 1 unspecified atom stereocenters. The van der Waals surface area contributed by atoms with Crippen LogP contribution in [-0.2, 0) is 29.1 Å². The molecule has 2 bridgehead atoms. The molecule has 3 aliphatic heterocycles. The number of rotatable bonds is 8. The van der Waals surface area contributed by atoms with Gasteiger partial charge in [0.25, 0.3) is 0 Å². The van der Waals surface area contributed by atoms with E-state index in [1.165, 1.54) is 16.2 Å². The summed E-state index contributed by atoms with van der Waals surface area (Å²) in [4.78, 5) is 32.5. The van der Waals surface area contributed by atoms with Crippen LogP contribution in [0.5, 0.6) is 0 Å². The first kappa shape index (κ1) is 21.4. The second-order valence-corrected chi connectivity index (χ2v) is 9.64. The monoisotopic (exact) mass is 462 g/mol. The number of hydrogen-bond acceptors (Lipinski definition) is 9. The van der Waals surface area contributed by atoms with Gasteiger partial charge in [-0.2, -0.15) is 13.5 Å². The fourth-order valence-corrected chi connectivity index (χ4v) is 5.24. The standard InChI is InChI=1S/C16H22N4O8S2/c17-11(12-2-1-3-29-12)7-27-18-14(21)4-10-5-16(8-26-9-16)13-6-19(10)15(22)20(13)28-30(23,24)25/h1-3,10-11,13H,4-9,17H2,(H,18,21)(H,23,24,25)/t10-,11?,13+/m1/s1. The van der Waals surface area contributed by atoms with Gasteiger partial charge in [0.15, 0.2) is 0 Å². The molecule has 1 aromatic rings. The molecule has 166 valence electrons. The van der Waals surface area contributed by atoms with E-state index in [1.54, 1.807) is 0 Å². The van der Waals surface area contributed by atoms with E-state index in [0.29, 0.717) is 24.7 Å². The number of hydroxylamine groups is 3. The molecule has 4 N–H and O–H groups in total. The molecule has 1 spiro atoms. The van der Waals surface area contributed by atoms with Crippen LogP contribution >= 0.6 is 11.3 Å². The van der Waals surface area contributed by atoms with Crippen LogP contribution in [-0.4, -0.2) is 73.3 Å². The molecule has 0 aromatic carbocycles. The Labute approximate surface area is 176 Å². The number of ether oxygens (including phenoxy) is 1. The molecule has 3 saturated heterocycles. The Hall–Kier alpha value is -1.81. The van der Waals surface area contributed by atoms with Gasteiger partial charge in [-0.3, -0.25) is 14.2 Å². The third-order valence-electron chi connectivity index (χ3n) is 5.61. The van der Waals surface area contributed by atoms with Crippen molar-refractivity contribution < 1.29 is 36.4 Å². The molecule has 3 fully saturated rings. The van der Waals surface area contributed by atoms with Crippen LogP contribution < -0.4 is 11.2 Å². The summed E-state index contributed by atoms with van der Waals surface area (Å²) in [5.74, 6) is -0.436. The second-order valence-electron chi connectivity index (χ2n) is 7.65. The Morgan fingerprint density at radius 2 is 2.27 bits per heavy atom. The van der Waals surface area contributed by atoms with Crippen molar-refractivity contribution in [1.82, 2.24) is 15.4 Å². The highest BCUT2D eigenvalue weighted by atomic mass is 32.3. The van der Waals surface area contributed by atoms with Crippen molar-refractivity contribution >= 4 is 33.7 Å². The van der Waals surface area contributed by atoms with Crippen LogP contribution in [0.2, 0.25) is 0 Å². The predicted octanol–water partition coefficient (Wildman–Crippen LogP) is -0.185. The molecule has 0 radical (unpaired) electrons. The number of urea groups is 1. The normalized spacial score (nSPS) is 26.0. The highest BCUT2D eigenvalue weighted by molar-refractivity contribution is 7.80. The minimum atomic E-state index is -4.87. The van der Waals surface area contributed by atoms with Crippen molar-refractivity contribution in [2.24, 2.45) is 11.1 Å². The van der Waals surface area contributed by atoms with Crippen molar-refractivity contribution in [2.75, 3.05) is 26.4 Å². The summed E-state index contributed by atoms with van der Waals surface area (Å²) < 4.78 is 41.1. The summed E-state index contributed by atoms with van der Waals surface area (Å²) in [7, 11) is -4.87. The number of nitrogens with two attached hydrogens (primary N) is 1. The molecule has 0 aliphatic carbocycles. The van der Waals surface area contributed by atoms with Crippen LogP contribution in [0.4, 0.5) is 4.79 Å². The summed E-state index contributed by atoms with van der Waals surface area (Å²) in [6.45, 7) is 0.859. The summed E-state index contributed by atoms with van der Waals surface area (Å²) >= 11 is 1.49. The van der Waals surface area contributed by atoms with Crippen LogP contribution in [0.25, 0.3) is 0 Å². The maximum absolute atomic E-state index is 12.7. The second kappa shape index (κ2) is 8.03. The summed E-state index contributed by atoms with van der Waals surface area (Å²) in [6.07, 6.45) is 0.380. The fourth-order valence-electron chi connectivity index (χ4n) is 4.16. The smallest absolute Gasteiger partial charge is 0.380 e. The molecule has 3 aliphatic rings. The minimum Gasteiger partial charge on any atom is -0.380 e. The molecule has 1 aromatic heterocycles. The van der Waals surface area contributed by atoms with Gasteiger partial charge in [-0.15, -0.1) is 15.6 Å². The van der Waals surface area contributed by atoms with E-state index in [9.17, 15) is 18.0 Å². The molecular formula is C16H22N4O8S2. The van der Waals surface area contributed by atoms with Crippen molar-refractivity contribution in [3.05, 3.63) is 22.4 Å². The Balaban J connectivity index is 1.36. The van der Waals surface area contributed by atoms with Crippen molar-refractivity contribution in [2.45, 2.75) is 31.0 Å². The molecule has 4 rings (SSSR count). The number of nitrogens with one attached hydrogen (secondary N) is 1. The number of carbonyl (C=O) groups excluding carboxylic acids is 2. The molecule has 3 amide bonds. The summed E-state index contributed by atoms with van der Waals surface area (Å²) in [5.41, 5.74) is 7.79. The number of fused-ring (bicyclic) bond motifs is 3. The number of carbonyl (C=O) groups is 2. The molecule has 14 heteroatoms. The molecule has 3 atom stereocenters. The van der Waals surface area contributed by atoms with E-state index in [4.69, 9.17) is 19.9 Å². The lowest BCUT2D eigenvalue weighted by Crippen LogP contribution is -2.61. The minimum absolute atomic E-state index is 0.0475. The highest BCUT2D eigenvalue weighted by Crippen LogP contribution is 2.48. The average molecular weight is 463 g/mol. The van der Waals surface area contributed by atoms with Gasteiger partial charge in [0, 0.05) is 29.3 Å². The number of nitrogens with zero attached hydrogens (tertiary/aromatic N) is 2. The molecule has 12 nitrogen and oxygen atoms in total. The number of piperidine rings is 1. The Kier molecular flexibility index (Phi) is 5.73. The highest BCUT2D eigenvalue weighted by Gasteiger charge is 2.62. The zero-order valence-corrected chi connectivity index (χ0v) is 17.4. The first-order valence-electron chi connectivity index (χ1n) is 9.23.